The van der Waals surface area contributed by atoms with Crippen molar-refractivity contribution in [2.24, 2.45) is 5.92 Å². The molecule has 5 rings (SSSR count). The van der Waals surface area contributed by atoms with Gasteiger partial charge in [0.1, 0.15) is 24.3 Å². The van der Waals surface area contributed by atoms with Gasteiger partial charge in [-0.25, -0.2) is 4.39 Å². The zero-order valence-electron chi connectivity index (χ0n) is 21.5. The van der Waals surface area contributed by atoms with Crippen molar-refractivity contribution in [2.45, 2.75) is 50.7 Å². The molecule has 1 aromatic carbocycles. The molecule has 1 aromatic rings. The van der Waals surface area contributed by atoms with Gasteiger partial charge >= 0.3 is 0 Å². The molecule has 0 saturated heterocycles. The molecule has 3 aliphatic heterocycles. The normalized spacial score (nSPS) is 25.9. The van der Waals surface area contributed by atoms with Gasteiger partial charge in [-0.3, -0.25) is 4.79 Å². The summed E-state index contributed by atoms with van der Waals surface area (Å²) in [5, 5.41) is 6.28. The van der Waals surface area contributed by atoms with Crippen LogP contribution in [0.3, 0.4) is 0 Å². The number of nitrogens with zero attached hydrogens (tertiary/aromatic N) is 3. The van der Waals surface area contributed by atoms with Gasteiger partial charge in [0.2, 0.25) is 5.91 Å². The summed E-state index contributed by atoms with van der Waals surface area (Å²) >= 11 is 0. The standard InChI is InChI=1S/C28H36FN5O2/c1-32-12-10-20(16-24(32)36-4)21-13-18(14-22(29)15-21)17-31-27(35)25-26-23(9-11-30-25)33(2)28(34(26)3)19-7-5-6-8-19/h9-16,19,24-25,28,30H,5-8,17H2,1-4H3,(H,31,35). The second-order valence-corrected chi connectivity index (χ2v) is 10.2. The molecule has 4 aliphatic rings. The quantitative estimate of drug-likeness (QED) is 0.634. The van der Waals surface area contributed by atoms with Crippen LogP contribution in [0.25, 0.3) is 5.57 Å². The fourth-order valence-electron chi connectivity index (χ4n) is 6.10. The molecule has 2 N–H and O–H groups in total. The maximum absolute atomic E-state index is 14.5. The molecule has 1 aliphatic carbocycles. The van der Waals surface area contributed by atoms with Crippen LogP contribution in [-0.2, 0) is 16.1 Å². The van der Waals surface area contributed by atoms with Crippen LogP contribution in [0.4, 0.5) is 4.39 Å². The predicted molar refractivity (Wildman–Crippen MR) is 138 cm³/mol. The highest BCUT2D eigenvalue weighted by molar-refractivity contribution is 5.86. The average molecular weight is 494 g/mol. The van der Waals surface area contributed by atoms with E-state index in [0.29, 0.717) is 11.5 Å². The van der Waals surface area contributed by atoms with Crippen LogP contribution >= 0.6 is 0 Å². The van der Waals surface area contributed by atoms with Crippen LogP contribution in [-0.4, -0.2) is 67.3 Å². The number of likely N-dealkylation sites (N-methyl/N-ethyl adjacent to an activating group) is 3. The number of carbonyl (C=O) groups is 1. The molecular weight excluding hydrogens is 457 g/mol. The van der Waals surface area contributed by atoms with Gasteiger partial charge in [0.25, 0.3) is 0 Å². The fraction of sp³-hybridized carbons (Fsp3) is 0.464. The lowest BCUT2D eigenvalue weighted by Crippen LogP contribution is -2.49. The highest BCUT2D eigenvalue weighted by atomic mass is 19.1. The molecule has 1 saturated carbocycles. The van der Waals surface area contributed by atoms with Crippen LogP contribution in [0.5, 0.6) is 0 Å². The Hall–Kier alpha value is -3.26. The van der Waals surface area contributed by atoms with Crippen LogP contribution in [0.2, 0.25) is 0 Å². The number of amides is 1. The molecule has 36 heavy (non-hydrogen) atoms. The van der Waals surface area contributed by atoms with Gasteiger partial charge in [0.15, 0.2) is 0 Å². The number of dihydropyridines is 1. The molecular formula is C28H36FN5O2. The van der Waals surface area contributed by atoms with E-state index in [9.17, 15) is 9.18 Å². The summed E-state index contributed by atoms with van der Waals surface area (Å²) in [6.07, 6.45) is 14.8. The first-order valence-electron chi connectivity index (χ1n) is 12.7. The van der Waals surface area contributed by atoms with E-state index in [2.05, 4.69) is 40.6 Å². The number of nitrogens with one attached hydrogen (secondary N) is 2. The Kier molecular flexibility index (Phi) is 6.79. The van der Waals surface area contributed by atoms with Crippen molar-refractivity contribution in [1.29, 1.82) is 0 Å². The van der Waals surface area contributed by atoms with E-state index in [1.54, 1.807) is 7.11 Å². The largest absolute Gasteiger partial charge is 0.375 e. The maximum atomic E-state index is 14.5. The fourth-order valence-corrected chi connectivity index (χ4v) is 6.10. The molecule has 192 valence electrons. The van der Waals surface area contributed by atoms with Crippen LogP contribution in [0.15, 0.2) is 60.2 Å². The summed E-state index contributed by atoms with van der Waals surface area (Å²) in [6.45, 7) is 0.240. The molecule has 1 fully saturated rings. The summed E-state index contributed by atoms with van der Waals surface area (Å²) in [5.74, 6) is 0.149. The monoisotopic (exact) mass is 493 g/mol. The zero-order valence-corrected chi connectivity index (χ0v) is 21.5. The zero-order chi connectivity index (χ0) is 25.4. The Morgan fingerprint density at radius 2 is 1.92 bits per heavy atom. The molecule has 3 heterocycles. The van der Waals surface area contributed by atoms with Crippen LogP contribution in [0.1, 0.15) is 36.8 Å². The number of carbonyl (C=O) groups excluding carboxylic acids is 1. The van der Waals surface area contributed by atoms with E-state index in [0.717, 1.165) is 22.5 Å². The second kappa shape index (κ2) is 10.0. The van der Waals surface area contributed by atoms with Gasteiger partial charge < -0.3 is 30.1 Å². The molecule has 1 amide bonds. The van der Waals surface area contributed by atoms with Gasteiger partial charge in [-0.2, -0.15) is 0 Å². The van der Waals surface area contributed by atoms with E-state index in [-0.39, 0.29) is 30.7 Å². The minimum Gasteiger partial charge on any atom is -0.375 e. The van der Waals surface area contributed by atoms with Crippen molar-refractivity contribution < 1.29 is 13.9 Å². The number of ether oxygens (including phenoxy) is 1. The van der Waals surface area contributed by atoms with Crippen molar-refractivity contribution in [3.05, 3.63) is 77.2 Å². The Morgan fingerprint density at radius 1 is 1.14 bits per heavy atom. The number of rotatable bonds is 6. The number of hydrogen-bond donors (Lipinski definition) is 2. The summed E-state index contributed by atoms with van der Waals surface area (Å²) in [6, 6.07) is 4.42. The number of benzene rings is 1. The number of methoxy groups -OCH3 is 1. The third kappa shape index (κ3) is 4.50. The highest BCUT2D eigenvalue weighted by Crippen LogP contribution is 2.40. The first kappa shape index (κ1) is 24.4. The van der Waals surface area contributed by atoms with E-state index < -0.39 is 6.04 Å². The molecule has 7 nitrogen and oxygen atoms in total. The molecule has 8 heteroatoms. The number of hydrogen-bond acceptors (Lipinski definition) is 6. The summed E-state index contributed by atoms with van der Waals surface area (Å²) in [7, 11) is 7.79. The van der Waals surface area contributed by atoms with E-state index >= 15 is 0 Å². The molecule has 0 aromatic heterocycles. The summed E-state index contributed by atoms with van der Waals surface area (Å²) < 4.78 is 20.0. The second-order valence-electron chi connectivity index (χ2n) is 10.2. The molecule has 0 spiro atoms. The van der Waals surface area contributed by atoms with Crippen molar-refractivity contribution in [3.8, 4) is 0 Å². The van der Waals surface area contributed by atoms with Gasteiger partial charge in [-0.1, -0.05) is 12.8 Å². The number of halogens is 1. The van der Waals surface area contributed by atoms with E-state index in [1.165, 1.54) is 37.8 Å². The Labute approximate surface area is 212 Å². The maximum Gasteiger partial charge on any atom is 0.249 e. The van der Waals surface area contributed by atoms with Gasteiger partial charge in [-0.05, 0) is 78.1 Å². The minimum atomic E-state index is -0.487. The SMILES string of the molecule is COC1C=C(c2cc(F)cc(CNC(=O)C3NC=CC4=C3N(C)C(C3CCCC3)N4C)c2)C=CN1C. The van der Waals surface area contributed by atoms with Gasteiger partial charge in [0.05, 0.1) is 11.4 Å². The first-order valence-corrected chi connectivity index (χ1v) is 12.7. The summed E-state index contributed by atoms with van der Waals surface area (Å²) in [4.78, 5) is 19.9. The van der Waals surface area contributed by atoms with Crippen molar-refractivity contribution in [1.82, 2.24) is 25.3 Å². The molecule has 3 unspecified atom stereocenters. The Balaban J connectivity index is 1.30. The van der Waals surface area contributed by atoms with Gasteiger partial charge in [0, 0.05) is 41.0 Å². The smallest absolute Gasteiger partial charge is 0.249 e. The lowest BCUT2D eigenvalue weighted by atomic mass is 10.00. The highest BCUT2D eigenvalue weighted by Gasteiger charge is 2.43. The van der Waals surface area contributed by atoms with Crippen molar-refractivity contribution in [3.63, 3.8) is 0 Å². The Bertz CT molecular complexity index is 1140. The van der Waals surface area contributed by atoms with E-state index in [4.69, 9.17) is 4.74 Å². The van der Waals surface area contributed by atoms with Crippen molar-refractivity contribution in [2.75, 3.05) is 28.3 Å². The third-order valence-electron chi connectivity index (χ3n) is 7.89. The predicted octanol–water partition coefficient (Wildman–Crippen LogP) is 3.35. The average Bonchev–Trinajstić information content (AvgIpc) is 3.49. The van der Waals surface area contributed by atoms with Crippen LogP contribution < -0.4 is 10.6 Å². The minimum absolute atomic E-state index is 0.122. The third-order valence-corrected chi connectivity index (χ3v) is 7.89. The number of allylic oxidation sites excluding steroid dienone is 3. The lowest BCUT2D eigenvalue weighted by molar-refractivity contribution is -0.122. The first-order chi connectivity index (χ1) is 17.4. The van der Waals surface area contributed by atoms with E-state index in [1.807, 2.05) is 42.6 Å². The van der Waals surface area contributed by atoms with Crippen LogP contribution in [0, 0.1) is 11.7 Å². The summed E-state index contributed by atoms with van der Waals surface area (Å²) in [5.41, 5.74) is 4.44. The molecule has 3 atom stereocenters. The Morgan fingerprint density at radius 3 is 2.67 bits per heavy atom. The van der Waals surface area contributed by atoms with Crippen molar-refractivity contribution >= 4 is 11.5 Å². The lowest BCUT2D eigenvalue weighted by Gasteiger charge is -2.35. The molecule has 0 radical (unpaired) electrons. The topological polar surface area (TPSA) is 60.1 Å². The molecule has 0 bridgehead atoms. The van der Waals surface area contributed by atoms with Gasteiger partial charge in [-0.15, -0.1) is 0 Å².